The molecule has 3 aliphatic heterocycles. The summed E-state index contributed by atoms with van der Waals surface area (Å²) in [5.41, 5.74) is -0.0144. The Morgan fingerprint density at radius 1 is 0.976 bits per heavy atom. The van der Waals surface area contributed by atoms with Crippen molar-refractivity contribution in [1.82, 2.24) is 14.7 Å². The van der Waals surface area contributed by atoms with Crippen LogP contribution < -0.4 is 0 Å². The van der Waals surface area contributed by atoms with Gasteiger partial charge in [0.05, 0.1) is 12.0 Å². The Morgan fingerprint density at radius 3 is 1.95 bits per heavy atom. The molecule has 4 rings (SSSR count). The van der Waals surface area contributed by atoms with Crippen LogP contribution in [-0.2, 0) is 25.7 Å². The number of thiophene rings is 1. The third-order valence-electron chi connectivity index (χ3n) is 7.79. The molecule has 1 amide bonds. The lowest BCUT2D eigenvalue weighted by Crippen LogP contribution is -2.52. The number of alkyl halides is 6. The van der Waals surface area contributed by atoms with E-state index in [1.807, 2.05) is 11.3 Å². The average molecular weight is 620 g/mol. The zero-order chi connectivity index (χ0) is 31.1. The third-order valence-corrected chi connectivity index (χ3v) is 8.65. The van der Waals surface area contributed by atoms with Gasteiger partial charge in [-0.3, -0.25) is 14.6 Å². The van der Waals surface area contributed by atoms with Crippen LogP contribution in [0.2, 0.25) is 0 Å². The lowest BCUT2D eigenvalue weighted by molar-refractivity contribution is -0.193. The Bertz CT molecular complexity index is 990. The van der Waals surface area contributed by atoms with Gasteiger partial charge in [0.15, 0.2) is 0 Å². The van der Waals surface area contributed by atoms with Gasteiger partial charge in [0.25, 0.3) is 0 Å². The second kappa shape index (κ2) is 14.2. The number of carboxylic acid groups (broad SMARTS) is 2. The van der Waals surface area contributed by atoms with Gasteiger partial charge in [-0.2, -0.15) is 26.3 Å². The molecule has 0 aromatic carbocycles. The summed E-state index contributed by atoms with van der Waals surface area (Å²) in [5.74, 6) is -5.09. The summed E-state index contributed by atoms with van der Waals surface area (Å²) in [7, 11) is 1.77. The first-order chi connectivity index (χ1) is 19.0. The predicted octanol–water partition coefficient (Wildman–Crippen LogP) is 3.80. The van der Waals surface area contributed by atoms with E-state index in [1.54, 1.807) is 7.11 Å². The van der Waals surface area contributed by atoms with E-state index in [9.17, 15) is 31.1 Å². The van der Waals surface area contributed by atoms with Crippen LogP contribution in [0.4, 0.5) is 26.3 Å². The Labute approximate surface area is 237 Å². The van der Waals surface area contributed by atoms with Crippen LogP contribution in [0.15, 0.2) is 17.5 Å². The maximum absolute atomic E-state index is 13.4. The second-order valence-corrected chi connectivity index (χ2v) is 11.2. The van der Waals surface area contributed by atoms with Gasteiger partial charge in [0.2, 0.25) is 5.91 Å². The van der Waals surface area contributed by atoms with Crippen molar-refractivity contribution in [3.63, 3.8) is 0 Å². The van der Waals surface area contributed by atoms with Gasteiger partial charge in [-0.05, 0) is 50.7 Å². The first-order valence-electron chi connectivity index (χ1n) is 12.9. The molecular weight excluding hydrogens is 584 g/mol. The van der Waals surface area contributed by atoms with Crippen molar-refractivity contribution < 1.29 is 55.7 Å². The molecule has 3 saturated heterocycles. The number of hydrogen-bond acceptors (Lipinski definition) is 7. The molecule has 0 radical (unpaired) electrons. The SMILES string of the molecule is CCN1CCC2(CN(CCOC)CC23CCN(Cc2cccs2)CC3)C1=O.O=C(O)C(F)(F)F.O=C(O)C(F)(F)F. The zero-order valence-electron chi connectivity index (χ0n) is 22.8. The smallest absolute Gasteiger partial charge is 0.475 e. The van der Waals surface area contributed by atoms with Crippen molar-refractivity contribution in [2.24, 2.45) is 10.8 Å². The van der Waals surface area contributed by atoms with Gasteiger partial charge in [0, 0.05) is 56.7 Å². The highest BCUT2D eigenvalue weighted by atomic mass is 32.1. The minimum atomic E-state index is -5.08. The number of halogens is 6. The molecule has 1 aromatic heterocycles. The Morgan fingerprint density at radius 2 is 1.54 bits per heavy atom. The van der Waals surface area contributed by atoms with Crippen LogP contribution in [0.25, 0.3) is 0 Å². The summed E-state index contributed by atoms with van der Waals surface area (Å²) in [6.07, 6.45) is -6.84. The molecule has 2 spiro atoms. The Kier molecular flexibility index (Phi) is 12.0. The lowest BCUT2D eigenvalue weighted by atomic mass is 9.60. The number of methoxy groups -OCH3 is 1. The van der Waals surface area contributed by atoms with E-state index in [4.69, 9.17) is 24.5 Å². The number of aliphatic carboxylic acids is 2. The summed E-state index contributed by atoms with van der Waals surface area (Å²) in [6.45, 7) is 10.9. The quantitative estimate of drug-likeness (QED) is 0.463. The van der Waals surface area contributed by atoms with Crippen molar-refractivity contribution >= 4 is 29.2 Å². The van der Waals surface area contributed by atoms with Gasteiger partial charge in [0.1, 0.15) is 0 Å². The van der Waals surface area contributed by atoms with Crippen molar-refractivity contribution in [3.05, 3.63) is 22.4 Å². The second-order valence-electron chi connectivity index (χ2n) is 10.2. The molecule has 41 heavy (non-hydrogen) atoms. The number of carbonyl (C=O) groups is 3. The number of hydrogen-bond donors (Lipinski definition) is 2. The maximum Gasteiger partial charge on any atom is 0.490 e. The van der Waals surface area contributed by atoms with E-state index in [0.717, 1.165) is 78.2 Å². The maximum atomic E-state index is 13.4. The number of amides is 1. The van der Waals surface area contributed by atoms with Crippen molar-refractivity contribution in [3.8, 4) is 0 Å². The summed E-state index contributed by atoms with van der Waals surface area (Å²) < 4.78 is 68.8. The first-order valence-corrected chi connectivity index (χ1v) is 13.7. The summed E-state index contributed by atoms with van der Waals surface area (Å²) in [6, 6.07) is 4.37. The van der Waals surface area contributed by atoms with Gasteiger partial charge < -0.3 is 19.8 Å². The van der Waals surface area contributed by atoms with Crippen LogP contribution in [0.5, 0.6) is 0 Å². The number of fused-ring (bicyclic) bond motifs is 1. The van der Waals surface area contributed by atoms with Gasteiger partial charge in [-0.1, -0.05) is 6.07 Å². The van der Waals surface area contributed by atoms with Crippen LogP contribution in [0, 0.1) is 10.8 Å². The minimum Gasteiger partial charge on any atom is -0.475 e. The highest BCUT2D eigenvalue weighted by Gasteiger charge is 2.64. The predicted molar refractivity (Wildman–Crippen MR) is 136 cm³/mol. The van der Waals surface area contributed by atoms with E-state index in [2.05, 4.69) is 39.1 Å². The normalized spacial score (nSPS) is 22.8. The van der Waals surface area contributed by atoms with Crippen molar-refractivity contribution in [2.45, 2.75) is 45.1 Å². The number of carboxylic acids is 2. The number of nitrogens with zero attached hydrogens (tertiary/aromatic N) is 3. The van der Waals surface area contributed by atoms with E-state index in [1.165, 1.54) is 4.88 Å². The summed E-state index contributed by atoms with van der Waals surface area (Å²) in [4.78, 5) is 39.9. The van der Waals surface area contributed by atoms with Crippen LogP contribution in [0.1, 0.15) is 31.1 Å². The van der Waals surface area contributed by atoms with Gasteiger partial charge in [-0.25, -0.2) is 9.59 Å². The molecule has 0 aliphatic carbocycles. The molecule has 234 valence electrons. The molecule has 3 aliphatic rings. The zero-order valence-corrected chi connectivity index (χ0v) is 23.6. The molecule has 0 saturated carbocycles. The molecule has 4 heterocycles. The average Bonchev–Trinajstić information content (AvgIpc) is 3.59. The molecule has 1 atom stereocenters. The monoisotopic (exact) mass is 619 g/mol. The van der Waals surface area contributed by atoms with Crippen LogP contribution in [-0.4, -0.2) is 115 Å². The largest absolute Gasteiger partial charge is 0.490 e. The summed E-state index contributed by atoms with van der Waals surface area (Å²) in [5, 5.41) is 16.4. The van der Waals surface area contributed by atoms with Crippen molar-refractivity contribution in [2.75, 3.05) is 59.5 Å². The highest BCUT2D eigenvalue weighted by molar-refractivity contribution is 7.09. The van der Waals surface area contributed by atoms with Gasteiger partial charge in [-0.15, -0.1) is 11.3 Å². The number of carbonyl (C=O) groups excluding carboxylic acids is 1. The number of ether oxygens (including phenoxy) is 1. The number of rotatable bonds is 6. The fourth-order valence-electron chi connectivity index (χ4n) is 5.74. The minimum absolute atomic E-state index is 0.147. The fraction of sp³-hybridized carbons (Fsp3) is 0.720. The van der Waals surface area contributed by atoms with E-state index in [-0.39, 0.29) is 10.8 Å². The van der Waals surface area contributed by atoms with E-state index >= 15 is 0 Å². The molecule has 1 aromatic rings. The Balaban J connectivity index is 0.000000349. The highest BCUT2D eigenvalue weighted by Crippen LogP contribution is 2.57. The number of likely N-dealkylation sites (tertiary alicyclic amines) is 3. The third kappa shape index (κ3) is 8.78. The topological polar surface area (TPSA) is 111 Å². The molecule has 9 nitrogen and oxygen atoms in total. The molecule has 0 bridgehead atoms. The molecule has 3 fully saturated rings. The molecule has 1 unspecified atom stereocenters. The van der Waals surface area contributed by atoms with Crippen LogP contribution in [0.3, 0.4) is 0 Å². The first kappa shape index (κ1) is 34.8. The molecule has 16 heteroatoms. The van der Waals surface area contributed by atoms with Gasteiger partial charge >= 0.3 is 24.3 Å². The Hall–Kier alpha value is -2.43. The molecule has 2 N–H and O–H groups in total. The van der Waals surface area contributed by atoms with E-state index in [0.29, 0.717) is 5.91 Å². The number of piperidine rings is 1. The fourth-order valence-corrected chi connectivity index (χ4v) is 6.49. The molecular formula is C25H35F6N3O6S. The van der Waals surface area contributed by atoms with Crippen LogP contribution >= 0.6 is 11.3 Å². The van der Waals surface area contributed by atoms with E-state index < -0.39 is 24.3 Å². The standard InChI is InChI=1S/C21H33N3O2S.2C2HF3O2/c1-3-24-11-8-21(19(24)25)17-23(12-13-26-2)16-20(21)6-9-22(10-7-20)15-18-5-4-14-27-18;2*3-2(4,5)1(6)7/h4-5,14H,3,6-13,15-17H2,1-2H3;2*(H,6,7). The van der Waals surface area contributed by atoms with Crippen molar-refractivity contribution in [1.29, 1.82) is 0 Å². The summed E-state index contributed by atoms with van der Waals surface area (Å²) >= 11 is 1.85. The lowest BCUT2D eigenvalue weighted by Gasteiger charge is -2.47.